The van der Waals surface area contributed by atoms with Crippen molar-refractivity contribution in [3.05, 3.63) is 51.7 Å². The molecule has 23 heavy (non-hydrogen) atoms. The third-order valence-corrected chi connectivity index (χ3v) is 4.98. The highest BCUT2D eigenvalue weighted by Gasteiger charge is 2.46. The second kappa shape index (κ2) is 5.77. The highest BCUT2D eigenvalue weighted by molar-refractivity contribution is 9.10. The average molecular weight is 397 g/mol. The maximum absolute atomic E-state index is 13.5. The topological polar surface area (TPSA) is 27.7 Å². The van der Waals surface area contributed by atoms with Crippen LogP contribution in [0.15, 0.2) is 39.7 Å². The molecule has 6 heteroatoms. The largest absolute Gasteiger partial charge is 0.457 e. The van der Waals surface area contributed by atoms with E-state index in [1.807, 2.05) is 12.1 Å². The van der Waals surface area contributed by atoms with Gasteiger partial charge in [0.25, 0.3) is 0 Å². The van der Waals surface area contributed by atoms with Crippen LogP contribution >= 0.6 is 28.6 Å². The molecule has 2 aromatic rings. The van der Waals surface area contributed by atoms with E-state index >= 15 is 0 Å². The van der Waals surface area contributed by atoms with Gasteiger partial charge in [0.2, 0.25) is 0 Å². The Labute approximate surface area is 147 Å². The Morgan fingerprint density at radius 3 is 2.70 bits per heavy atom. The number of hydrogen-bond acceptors (Lipinski definition) is 4. The molecule has 0 atom stereocenters. The predicted molar refractivity (Wildman–Crippen MR) is 89.8 cm³/mol. The van der Waals surface area contributed by atoms with Crippen molar-refractivity contribution < 1.29 is 18.6 Å². The van der Waals surface area contributed by atoms with Crippen molar-refractivity contribution in [3.63, 3.8) is 0 Å². The minimum atomic E-state index is -0.700. The maximum atomic E-state index is 13.5. The zero-order chi connectivity index (χ0) is 16.0. The Morgan fingerprint density at radius 2 is 1.96 bits per heavy atom. The van der Waals surface area contributed by atoms with Crippen LogP contribution in [0.5, 0.6) is 11.5 Å². The molecule has 120 valence electrons. The molecular formula is C17H14BrFO3S. The highest BCUT2D eigenvalue weighted by atomic mass is 79.9. The molecule has 1 spiro atoms. The molecule has 4 rings (SSSR count). The van der Waals surface area contributed by atoms with Gasteiger partial charge in [-0.1, -0.05) is 15.9 Å². The lowest BCUT2D eigenvalue weighted by Gasteiger charge is -2.24. The van der Waals surface area contributed by atoms with Crippen LogP contribution in [0, 0.1) is 5.82 Å². The van der Waals surface area contributed by atoms with E-state index in [1.165, 1.54) is 12.1 Å². The molecule has 2 aliphatic rings. The summed E-state index contributed by atoms with van der Waals surface area (Å²) in [6, 6.07) is 8.21. The fourth-order valence-electron chi connectivity index (χ4n) is 3.26. The molecule has 1 aliphatic carbocycles. The van der Waals surface area contributed by atoms with Gasteiger partial charge in [0.1, 0.15) is 17.3 Å². The van der Waals surface area contributed by atoms with Gasteiger partial charge < -0.3 is 14.2 Å². The number of thiol groups is 1. The molecule has 2 aromatic carbocycles. The first kappa shape index (κ1) is 15.4. The summed E-state index contributed by atoms with van der Waals surface area (Å²) in [5.41, 5.74) is 1.95. The van der Waals surface area contributed by atoms with Crippen molar-refractivity contribution in [2.24, 2.45) is 0 Å². The van der Waals surface area contributed by atoms with Crippen molar-refractivity contribution >= 4 is 28.6 Å². The molecule has 0 radical (unpaired) electrons. The first-order valence-electron chi connectivity index (χ1n) is 7.35. The van der Waals surface area contributed by atoms with Crippen LogP contribution in [0.25, 0.3) is 0 Å². The SMILES string of the molecule is Fc1cc(Br)cc(Oc2ccc(S)c3c2CCC32OCCO2)c1. The third kappa shape index (κ3) is 2.67. The summed E-state index contributed by atoms with van der Waals surface area (Å²) in [6.07, 6.45) is 1.51. The van der Waals surface area contributed by atoms with Gasteiger partial charge >= 0.3 is 0 Å². The van der Waals surface area contributed by atoms with Crippen LogP contribution in [-0.2, 0) is 21.7 Å². The molecule has 0 saturated carbocycles. The summed E-state index contributed by atoms with van der Waals surface area (Å²) in [4.78, 5) is 0.826. The van der Waals surface area contributed by atoms with Gasteiger partial charge in [-0.05, 0) is 30.7 Å². The molecular weight excluding hydrogens is 383 g/mol. The molecule has 1 aliphatic heterocycles. The monoisotopic (exact) mass is 396 g/mol. The summed E-state index contributed by atoms with van der Waals surface area (Å²) < 4.78 is 31.8. The van der Waals surface area contributed by atoms with Gasteiger partial charge in [-0.15, -0.1) is 12.6 Å². The summed E-state index contributed by atoms with van der Waals surface area (Å²) in [5.74, 6) is 0.0798. The van der Waals surface area contributed by atoms with Crippen molar-refractivity contribution in [2.75, 3.05) is 13.2 Å². The summed E-state index contributed by atoms with van der Waals surface area (Å²) in [6.45, 7) is 1.16. The van der Waals surface area contributed by atoms with E-state index in [0.717, 1.165) is 28.9 Å². The fraction of sp³-hybridized carbons (Fsp3) is 0.294. The second-order valence-electron chi connectivity index (χ2n) is 5.59. The number of rotatable bonds is 2. The molecule has 0 aromatic heterocycles. The zero-order valence-corrected chi connectivity index (χ0v) is 14.6. The number of ether oxygens (including phenoxy) is 3. The molecule has 0 unspecified atom stereocenters. The Bertz CT molecular complexity index is 754. The lowest BCUT2D eigenvalue weighted by atomic mass is 10.1. The van der Waals surface area contributed by atoms with Crippen molar-refractivity contribution in [3.8, 4) is 11.5 Å². The number of halogens is 2. The van der Waals surface area contributed by atoms with E-state index in [4.69, 9.17) is 14.2 Å². The first-order chi connectivity index (χ1) is 11.1. The Hall–Kier alpha value is -1.08. The number of hydrogen-bond donors (Lipinski definition) is 1. The molecule has 3 nitrogen and oxygen atoms in total. The average Bonchev–Trinajstić information content (AvgIpc) is 3.10. The predicted octanol–water partition coefficient (Wildman–Crippen LogP) is 4.82. The van der Waals surface area contributed by atoms with Crippen molar-refractivity contribution in [2.45, 2.75) is 23.5 Å². The Morgan fingerprint density at radius 1 is 1.17 bits per heavy atom. The lowest BCUT2D eigenvalue weighted by Crippen LogP contribution is -2.24. The smallest absolute Gasteiger partial charge is 0.196 e. The standard InChI is InChI=1S/C17H14BrFO3S/c18-10-7-11(19)9-12(8-10)22-14-1-2-15(23)16-13(14)3-4-17(16)20-5-6-21-17/h1-2,7-9,23H,3-6H2. The summed E-state index contributed by atoms with van der Waals surface area (Å²) >= 11 is 7.84. The van der Waals surface area contributed by atoms with Gasteiger partial charge in [0, 0.05) is 33.0 Å². The van der Waals surface area contributed by atoms with Crippen molar-refractivity contribution in [1.82, 2.24) is 0 Å². The Kier molecular flexibility index (Phi) is 3.88. The van der Waals surface area contributed by atoms with E-state index in [1.54, 1.807) is 6.07 Å². The van der Waals surface area contributed by atoms with E-state index in [0.29, 0.717) is 29.2 Å². The van der Waals surface area contributed by atoms with Crippen LogP contribution in [0.2, 0.25) is 0 Å². The normalized spacial score (nSPS) is 18.4. The van der Waals surface area contributed by atoms with Crippen LogP contribution < -0.4 is 4.74 Å². The van der Waals surface area contributed by atoms with Crippen LogP contribution in [0.4, 0.5) is 4.39 Å². The van der Waals surface area contributed by atoms with Crippen molar-refractivity contribution in [1.29, 1.82) is 0 Å². The van der Waals surface area contributed by atoms with E-state index in [9.17, 15) is 4.39 Å². The molecule has 0 N–H and O–H groups in total. The number of fused-ring (bicyclic) bond motifs is 2. The van der Waals surface area contributed by atoms with Crippen LogP contribution in [0.1, 0.15) is 17.5 Å². The van der Waals surface area contributed by atoms with E-state index in [2.05, 4.69) is 28.6 Å². The molecule has 0 amide bonds. The third-order valence-electron chi connectivity index (χ3n) is 4.15. The molecule has 0 bridgehead atoms. The van der Waals surface area contributed by atoms with Crippen LogP contribution in [0.3, 0.4) is 0 Å². The fourth-order valence-corrected chi connectivity index (χ4v) is 4.08. The molecule has 1 saturated heterocycles. The van der Waals surface area contributed by atoms with E-state index < -0.39 is 5.79 Å². The highest BCUT2D eigenvalue weighted by Crippen LogP contribution is 2.49. The van der Waals surface area contributed by atoms with E-state index in [-0.39, 0.29) is 5.82 Å². The minimum absolute atomic E-state index is 0.351. The Balaban J connectivity index is 1.75. The maximum Gasteiger partial charge on any atom is 0.196 e. The lowest BCUT2D eigenvalue weighted by molar-refractivity contribution is -0.164. The van der Waals surface area contributed by atoms with Crippen LogP contribution in [-0.4, -0.2) is 13.2 Å². The zero-order valence-electron chi connectivity index (χ0n) is 12.1. The van der Waals surface area contributed by atoms with Gasteiger partial charge in [-0.2, -0.15) is 0 Å². The molecule has 1 fully saturated rings. The van der Waals surface area contributed by atoms with Gasteiger partial charge in [-0.25, -0.2) is 4.39 Å². The number of benzene rings is 2. The van der Waals surface area contributed by atoms with Gasteiger partial charge in [0.05, 0.1) is 13.2 Å². The molecule has 1 heterocycles. The summed E-state index contributed by atoms with van der Waals surface area (Å²) in [5, 5.41) is 0. The minimum Gasteiger partial charge on any atom is -0.457 e. The van der Waals surface area contributed by atoms with Gasteiger partial charge in [0.15, 0.2) is 5.79 Å². The first-order valence-corrected chi connectivity index (χ1v) is 8.59. The second-order valence-corrected chi connectivity index (χ2v) is 6.99. The summed E-state index contributed by atoms with van der Waals surface area (Å²) in [7, 11) is 0. The quantitative estimate of drug-likeness (QED) is 0.737. The van der Waals surface area contributed by atoms with Gasteiger partial charge in [-0.3, -0.25) is 0 Å².